The molecule has 3 heterocycles. The summed E-state index contributed by atoms with van der Waals surface area (Å²) in [5.41, 5.74) is 2.75. The number of amides is 2. The highest BCUT2D eigenvalue weighted by molar-refractivity contribution is 6.30. The number of hydrogen-bond donors (Lipinski definition) is 1. The molecule has 2 amide bonds. The number of hydrogen-bond acceptors (Lipinski definition) is 6. The Morgan fingerprint density at radius 2 is 1.82 bits per heavy atom. The molecule has 0 aliphatic carbocycles. The van der Waals surface area contributed by atoms with E-state index >= 15 is 0 Å². The number of ether oxygens (including phenoxy) is 1. The second kappa shape index (κ2) is 9.93. The van der Waals surface area contributed by atoms with Crippen LogP contribution in [0.3, 0.4) is 0 Å². The first-order chi connectivity index (χ1) is 16.2. The summed E-state index contributed by atoms with van der Waals surface area (Å²) in [5.74, 6) is -0.140. The number of alkyl carbamates (subject to hydrolysis) is 1. The molecule has 8 nitrogen and oxygen atoms in total. The molecule has 1 aliphatic heterocycles. The van der Waals surface area contributed by atoms with Crippen LogP contribution in [0, 0.1) is 0 Å². The van der Waals surface area contributed by atoms with Crippen LogP contribution < -0.4 is 10.2 Å². The fourth-order valence-electron chi connectivity index (χ4n) is 4.00. The van der Waals surface area contributed by atoms with Crippen LogP contribution in [0.5, 0.6) is 0 Å². The quantitative estimate of drug-likeness (QED) is 0.582. The second-order valence-electron chi connectivity index (χ2n) is 9.31. The average molecular weight is 485 g/mol. The van der Waals surface area contributed by atoms with Crippen molar-refractivity contribution >= 4 is 40.4 Å². The number of anilines is 1. The van der Waals surface area contributed by atoms with Crippen molar-refractivity contribution in [1.82, 2.24) is 15.2 Å². The van der Waals surface area contributed by atoms with Crippen molar-refractivity contribution in [2.45, 2.75) is 38.8 Å². The van der Waals surface area contributed by atoms with Crippen molar-refractivity contribution in [1.29, 1.82) is 0 Å². The Morgan fingerprint density at radius 1 is 1.12 bits per heavy atom. The first-order valence-electron chi connectivity index (χ1n) is 11.3. The largest absolute Gasteiger partial charge is 0.460 e. The molecule has 0 radical (unpaired) electrons. The van der Waals surface area contributed by atoms with Gasteiger partial charge in [-0.1, -0.05) is 23.7 Å². The molecule has 34 heavy (non-hydrogen) atoms. The molecule has 0 bridgehead atoms. The molecule has 9 heteroatoms. The minimum atomic E-state index is -0.750. The van der Waals surface area contributed by atoms with Crippen molar-refractivity contribution in [3.8, 4) is 0 Å². The summed E-state index contributed by atoms with van der Waals surface area (Å²) in [6, 6.07) is 10.3. The van der Waals surface area contributed by atoms with Gasteiger partial charge in [-0.25, -0.2) is 4.79 Å². The molecule has 1 aromatic carbocycles. The highest BCUT2D eigenvalue weighted by Gasteiger charge is 2.31. The number of carbonyl (C=O) groups excluding carboxylic acids is 2. The number of rotatable bonds is 5. The third-order valence-electron chi connectivity index (χ3n) is 5.60. The molecular formula is C25H29ClN4O4. The molecule has 3 aromatic rings. The van der Waals surface area contributed by atoms with E-state index in [9.17, 15) is 9.59 Å². The smallest absolute Gasteiger partial charge is 0.408 e. The molecule has 0 spiro atoms. The van der Waals surface area contributed by atoms with Gasteiger partial charge in [0.1, 0.15) is 17.2 Å². The zero-order valence-corrected chi connectivity index (χ0v) is 20.3. The van der Waals surface area contributed by atoms with E-state index in [1.807, 2.05) is 24.3 Å². The summed E-state index contributed by atoms with van der Waals surface area (Å²) in [7, 11) is 0. The Kier molecular flexibility index (Phi) is 6.97. The highest BCUT2D eigenvalue weighted by Crippen LogP contribution is 2.27. The molecule has 180 valence electrons. The topological polar surface area (TPSA) is 87.9 Å². The number of piperazine rings is 1. The lowest BCUT2D eigenvalue weighted by atomic mass is 10.0. The Hall–Kier alpha value is -3.26. The van der Waals surface area contributed by atoms with Crippen LogP contribution in [-0.4, -0.2) is 59.7 Å². The molecule has 1 N–H and O–H groups in total. The van der Waals surface area contributed by atoms with Crippen molar-refractivity contribution in [3.63, 3.8) is 0 Å². The van der Waals surface area contributed by atoms with E-state index in [0.717, 1.165) is 22.4 Å². The lowest BCUT2D eigenvalue weighted by molar-refractivity contribution is -0.133. The van der Waals surface area contributed by atoms with E-state index in [-0.39, 0.29) is 5.91 Å². The summed E-state index contributed by atoms with van der Waals surface area (Å²) in [6.07, 6.45) is 3.12. The minimum absolute atomic E-state index is 0.140. The molecule has 0 unspecified atom stereocenters. The second-order valence-corrected chi connectivity index (χ2v) is 9.74. The van der Waals surface area contributed by atoms with Gasteiger partial charge in [-0.3, -0.25) is 9.78 Å². The third-order valence-corrected chi connectivity index (χ3v) is 5.85. The van der Waals surface area contributed by atoms with Crippen molar-refractivity contribution < 1.29 is 18.7 Å². The zero-order chi connectivity index (χ0) is 24.3. The Labute approximate surface area is 203 Å². The van der Waals surface area contributed by atoms with E-state index in [4.69, 9.17) is 20.8 Å². The van der Waals surface area contributed by atoms with Crippen LogP contribution in [0.2, 0.25) is 5.02 Å². The van der Waals surface area contributed by atoms with Crippen LogP contribution in [0.25, 0.3) is 11.1 Å². The summed E-state index contributed by atoms with van der Waals surface area (Å²) >= 11 is 6.00. The van der Waals surface area contributed by atoms with Gasteiger partial charge in [0, 0.05) is 49.9 Å². The number of halogens is 1. The molecule has 0 saturated carbocycles. The zero-order valence-electron chi connectivity index (χ0n) is 19.6. The predicted molar refractivity (Wildman–Crippen MR) is 131 cm³/mol. The Balaban J connectivity index is 1.45. The summed E-state index contributed by atoms with van der Waals surface area (Å²) in [6.45, 7) is 7.70. The maximum Gasteiger partial charge on any atom is 0.408 e. The van der Waals surface area contributed by atoms with Gasteiger partial charge < -0.3 is 24.3 Å². The summed E-state index contributed by atoms with van der Waals surface area (Å²) in [5, 5.41) is 3.39. The summed E-state index contributed by atoms with van der Waals surface area (Å²) in [4.78, 5) is 34.2. The Bertz CT molecular complexity index is 1150. The lowest BCUT2D eigenvalue weighted by Crippen LogP contribution is -2.56. The lowest BCUT2D eigenvalue weighted by Gasteiger charge is -2.37. The van der Waals surface area contributed by atoms with Crippen LogP contribution in [0.1, 0.15) is 26.3 Å². The average Bonchev–Trinajstić information content (AvgIpc) is 3.27. The third kappa shape index (κ3) is 5.80. The molecule has 2 aromatic heterocycles. The number of benzene rings is 1. The van der Waals surface area contributed by atoms with Gasteiger partial charge in [-0.05, 0) is 44.5 Å². The molecule has 1 saturated heterocycles. The number of aromatic nitrogens is 1. The standard InChI is InChI=1S/C25H29ClN4O4/c1-25(2,3)34-24(32)28-20(16-17-4-6-18(26)7-5-17)23(31)30-13-11-29(12-14-30)21-8-10-27-19-9-15-33-22(19)21/h4-10,15,20H,11-14,16H2,1-3H3,(H,28,32)/t20-/m1/s1. The van der Waals surface area contributed by atoms with E-state index < -0.39 is 17.7 Å². The van der Waals surface area contributed by atoms with Crippen LogP contribution in [-0.2, 0) is 16.0 Å². The van der Waals surface area contributed by atoms with E-state index in [2.05, 4.69) is 15.2 Å². The van der Waals surface area contributed by atoms with Gasteiger partial charge in [0.2, 0.25) is 5.91 Å². The van der Waals surface area contributed by atoms with E-state index in [1.54, 1.807) is 50.3 Å². The minimum Gasteiger partial charge on any atom is -0.460 e. The first kappa shape index (κ1) is 23.9. The summed E-state index contributed by atoms with van der Waals surface area (Å²) < 4.78 is 11.0. The number of carbonyl (C=O) groups is 2. The highest BCUT2D eigenvalue weighted by atomic mass is 35.5. The van der Waals surface area contributed by atoms with Crippen molar-refractivity contribution in [3.05, 3.63) is 59.4 Å². The van der Waals surface area contributed by atoms with E-state index in [0.29, 0.717) is 37.6 Å². The monoisotopic (exact) mass is 484 g/mol. The molecule has 1 aliphatic rings. The number of nitrogens with one attached hydrogen (secondary N) is 1. The van der Waals surface area contributed by atoms with Gasteiger partial charge in [-0.15, -0.1) is 0 Å². The molecular weight excluding hydrogens is 456 g/mol. The first-order valence-corrected chi connectivity index (χ1v) is 11.7. The molecule has 4 rings (SSSR count). The number of pyridine rings is 1. The van der Waals surface area contributed by atoms with Crippen LogP contribution >= 0.6 is 11.6 Å². The maximum absolute atomic E-state index is 13.5. The fraction of sp³-hybridized carbons (Fsp3) is 0.400. The van der Waals surface area contributed by atoms with Gasteiger partial charge in [0.15, 0.2) is 5.58 Å². The Morgan fingerprint density at radius 3 is 2.50 bits per heavy atom. The molecule has 1 atom stereocenters. The van der Waals surface area contributed by atoms with E-state index in [1.165, 1.54) is 0 Å². The predicted octanol–water partition coefficient (Wildman–Crippen LogP) is 4.27. The fourth-order valence-corrected chi connectivity index (χ4v) is 4.13. The normalized spacial score (nSPS) is 15.3. The number of nitrogens with zero attached hydrogens (tertiary/aromatic N) is 3. The van der Waals surface area contributed by atoms with Gasteiger partial charge >= 0.3 is 6.09 Å². The molecule has 1 fully saturated rings. The van der Waals surface area contributed by atoms with Gasteiger partial charge in [0.05, 0.1) is 12.0 Å². The maximum atomic E-state index is 13.5. The van der Waals surface area contributed by atoms with Crippen LogP contribution in [0.15, 0.2) is 53.3 Å². The van der Waals surface area contributed by atoms with Gasteiger partial charge in [0.25, 0.3) is 0 Å². The van der Waals surface area contributed by atoms with Crippen LogP contribution in [0.4, 0.5) is 10.5 Å². The SMILES string of the molecule is CC(C)(C)OC(=O)N[C@H](Cc1ccc(Cl)cc1)C(=O)N1CCN(c2ccnc3ccoc23)CC1. The number of fused-ring (bicyclic) bond motifs is 1. The van der Waals surface area contributed by atoms with Crippen molar-refractivity contribution in [2.75, 3.05) is 31.1 Å². The van der Waals surface area contributed by atoms with Gasteiger partial charge in [-0.2, -0.15) is 0 Å². The van der Waals surface area contributed by atoms with Crippen molar-refractivity contribution in [2.24, 2.45) is 0 Å². The number of furan rings is 1.